The first-order chi connectivity index (χ1) is 9.02. The SMILES string of the molecule is COc1cc(-c2ccc(C(=O)O)c(F)c2)ccc1Cl. The van der Waals surface area contributed by atoms with Crippen molar-refractivity contribution in [3.8, 4) is 16.9 Å². The highest BCUT2D eigenvalue weighted by molar-refractivity contribution is 6.32. The molecule has 19 heavy (non-hydrogen) atoms. The normalized spacial score (nSPS) is 10.3. The van der Waals surface area contributed by atoms with E-state index in [1.807, 2.05) is 0 Å². The number of benzene rings is 2. The van der Waals surface area contributed by atoms with Gasteiger partial charge in [0.25, 0.3) is 0 Å². The number of carboxylic acid groups (broad SMARTS) is 1. The highest BCUT2D eigenvalue weighted by Gasteiger charge is 2.12. The van der Waals surface area contributed by atoms with Gasteiger partial charge < -0.3 is 9.84 Å². The summed E-state index contributed by atoms with van der Waals surface area (Å²) in [6.07, 6.45) is 0. The summed E-state index contributed by atoms with van der Waals surface area (Å²) in [6.45, 7) is 0. The molecule has 2 aromatic rings. The zero-order valence-corrected chi connectivity index (χ0v) is 10.7. The van der Waals surface area contributed by atoms with E-state index in [-0.39, 0.29) is 5.56 Å². The number of halogens is 2. The van der Waals surface area contributed by atoms with E-state index in [1.54, 1.807) is 18.2 Å². The van der Waals surface area contributed by atoms with Crippen LogP contribution in [0.15, 0.2) is 36.4 Å². The highest BCUT2D eigenvalue weighted by Crippen LogP contribution is 2.31. The van der Waals surface area contributed by atoms with E-state index in [0.717, 1.165) is 0 Å². The fourth-order valence-corrected chi connectivity index (χ4v) is 1.90. The monoisotopic (exact) mass is 280 g/mol. The summed E-state index contributed by atoms with van der Waals surface area (Å²) >= 11 is 5.91. The van der Waals surface area contributed by atoms with Gasteiger partial charge in [0.2, 0.25) is 0 Å². The Hall–Kier alpha value is -2.07. The van der Waals surface area contributed by atoms with Gasteiger partial charge in [-0.25, -0.2) is 9.18 Å². The number of carbonyl (C=O) groups is 1. The van der Waals surface area contributed by atoms with Crippen molar-refractivity contribution in [3.05, 3.63) is 52.8 Å². The lowest BCUT2D eigenvalue weighted by Gasteiger charge is -2.07. The molecule has 0 unspecified atom stereocenters. The Labute approximate surface area is 114 Å². The zero-order valence-electron chi connectivity index (χ0n) is 9.98. The Balaban J connectivity index is 2.48. The van der Waals surface area contributed by atoms with Crippen LogP contribution in [0.2, 0.25) is 5.02 Å². The Kier molecular flexibility index (Phi) is 3.71. The van der Waals surface area contributed by atoms with Crippen molar-refractivity contribution in [1.29, 1.82) is 0 Å². The predicted octanol–water partition coefficient (Wildman–Crippen LogP) is 3.85. The van der Waals surface area contributed by atoms with Crippen LogP contribution in [0.5, 0.6) is 5.75 Å². The topological polar surface area (TPSA) is 46.5 Å². The lowest BCUT2D eigenvalue weighted by Crippen LogP contribution is -2.00. The second-order valence-electron chi connectivity index (χ2n) is 3.85. The maximum absolute atomic E-state index is 13.6. The van der Waals surface area contributed by atoms with E-state index in [9.17, 15) is 9.18 Å². The van der Waals surface area contributed by atoms with Crippen LogP contribution in [0.25, 0.3) is 11.1 Å². The molecule has 0 aromatic heterocycles. The predicted molar refractivity (Wildman–Crippen MR) is 70.4 cm³/mol. The van der Waals surface area contributed by atoms with Gasteiger partial charge in [-0.1, -0.05) is 23.7 Å². The van der Waals surface area contributed by atoms with E-state index in [1.165, 1.54) is 25.3 Å². The third-order valence-electron chi connectivity index (χ3n) is 2.68. The zero-order chi connectivity index (χ0) is 14.0. The molecule has 98 valence electrons. The average molecular weight is 281 g/mol. The van der Waals surface area contributed by atoms with Gasteiger partial charge in [0.05, 0.1) is 17.7 Å². The fraction of sp³-hybridized carbons (Fsp3) is 0.0714. The summed E-state index contributed by atoms with van der Waals surface area (Å²) in [5.74, 6) is -1.60. The van der Waals surface area contributed by atoms with Crippen molar-refractivity contribution in [2.24, 2.45) is 0 Å². The molecule has 0 saturated heterocycles. The van der Waals surface area contributed by atoms with Crippen LogP contribution in [-0.4, -0.2) is 18.2 Å². The van der Waals surface area contributed by atoms with Crippen molar-refractivity contribution in [2.45, 2.75) is 0 Å². The Morgan fingerprint density at radius 1 is 1.21 bits per heavy atom. The van der Waals surface area contributed by atoms with Crippen LogP contribution < -0.4 is 4.74 Å². The van der Waals surface area contributed by atoms with Gasteiger partial charge in [0, 0.05) is 0 Å². The number of ether oxygens (including phenoxy) is 1. The molecular weight excluding hydrogens is 271 g/mol. The summed E-state index contributed by atoms with van der Waals surface area (Å²) in [4.78, 5) is 10.7. The van der Waals surface area contributed by atoms with E-state index >= 15 is 0 Å². The minimum atomic E-state index is -1.29. The number of rotatable bonds is 3. The molecule has 0 saturated carbocycles. The highest BCUT2D eigenvalue weighted by atomic mass is 35.5. The fourth-order valence-electron chi connectivity index (χ4n) is 1.71. The first kappa shape index (κ1) is 13.4. The Morgan fingerprint density at radius 3 is 2.42 bits per heavy atom. The molecule has 0 radical (unpaired) electrons. The Bertz CT molecular complexity index is 641. The molecule has 3 nitrogen and oxygen atoms in total. The molecule has 0 amide bonds. The van der Waals surface area contributed by atoms with Gasteiger partial charge in [-0.15, -0.1) is 0 Å². The van der Waals surface area contributed by atoms with Gasteiger partial charge in [0.1, 0.15) is 11.6 Å². The standard InChI is InChI=1S/C14H10ClFO3/c1-19-13-7-9(3-5-11(13)15)8-2-4-10(14(17)18)12(16)6-8/h2-7H,1H3,(H,17,18). The van der Waals surface area contributed by atoms with Gasteiger partial charge in [0.15, 0.2) is 0 Å². The molecule has 5 heteroatoms. The van der Waals surface area contributed by atoms with Crippen molar-refractivity contribution in [1.82, 2.24) is 0 Å². The van der Waals surface area contributed by atoms with Gasteiger partial charge in [-0.3, -0.25) is 0 Å². The number of carboxylic acids is 1. The van der Waals surface area contributed by atoms with Crippen molar-refractivity contribution in [2.75, 3.05) is 7.11 Å². The van der Waals surface area contributed by atoms with Gasteiger partial charge in [-0.05, 0) is 35.4 Å². The third-order valence-corrected chi connectivity index (χ3v) is 3.00. The van der Waals surface area contributed by atoms with Gasteiger partial charge >= 0.3 is 5.97 Å². The molecule has 0 fully saturated rings. The number of methoxy groups -OCH3 is 1. The van der Waals surface area contributed by atoms with Crippen LogP contribution in [-0.2, 0) is 0 Å². The second kappa shape index (κ2) is 5.28. The minimum Gasteiger partial charge on any atom is -0.495 e. The minimum absolute atomic E-state index is 0.357. The lowest BCUT2D eigenvalue weighted by molar-refractivity contribution is 0.0692. The van der Waals surface area contributed by atoms with E-state index in [4.69, 9.17) is 21.4 Å². The summed E-state index contributed by atoms with van der Waals surface area (Å²) in [5.41, 5.74) is 0.888. The molecule has 0 heterocycles. The van der Waals surface area contributed by atoms with Crippen LogP contribution in [0.3, 0.4) is 0 Å². The summed E-state index contributed by atoms with van der Waals surface area (Å²) in [7, 11) is 1.49. The largest absolute Gasteiger partial charge is 0.495 e. The Morgan fingerprint density at radius 2 is 1.84 bits per heavy atom. The number of aromatic carboxylic acids is 1. The molecule has 0 aliphatic rings. The first-order valence-corrected chi connectivity index (χ1v) is 5.77. The van der Waals surface area contributed by atoms with E-state index < -0.39 is 11.8 Å². The molecule has 2 rings (SSSR count). The van der Waals surface area contributed by atoms with Crippen LogP contribution in [0, 0.1) is 5.82 Å². The summed E-state index contributed by atoms with van der Waals surface area (Å²) < 4.78 is 18.7. The molecule has 2 aromatic carbocycles. The lowest BCUT2D eigenvalue weighted by atomic mass is 10.0. The van der Waals surface area contributed by atoms with Crippen LogP contribution in [0.1, 0.15) is 10.4 Å². The average Bonchev–Trinajstić information content (AvgIpc) is 2.38. The number of hydrogen-bond donors (Lipinski definition) is 1. The second-order valence-corrected chi connectivity index (χ2v) is 4.26. The van der Waals surface area contributed by atoms with Crippen LogP contribution >= 0.6 is 11.6 Å². The molecular formula is C14H10ClFO3. The van der Waals surface area contributed by atoms with Crippen molar-refractivity contribution in [3.63, 3.8) is 0 Å². The molecule has 0 bridgehead atoms. The maximum Gasteiger partial charge on any atom is 0.338 e. The van der Waals surface area contributed by atoms with Crippen LogP contribution in [0.4, 0.5) is 4.39 Å². The molecule has 0 aliphatic carbocycles. The number of hydrogen-bond acceptors (Lipinski definition) is 2. The summed E-state index contributed by atoms with van der Waals surface area (Å²) in [5, 5.41) is 9.22. The quantitative estimate of drug-likeness (QED) is 0.929. The molecule has 0 aliphatic heterocycles. The smallest absolute Gasteiger partial charge is 0.338 e. The van der Waals surface area contributed by atoms with Crippen molar-refractivity contribution >= 4 is 17.6 Å². The molecule has 0 atom stereocenters. The first-order valence-electron chi connectivity index (χ1n) is 5.39. The van der Waals surface area contributed by atoms with E-state index in [2.05, 4.69) is 0 Å². The van der Waals surface area contributed by atoms with E-state index in [0.29, 0.717) is 21.9 Å². The molecule has 1 N–H and O–H groups in total. The third kappa shape index (κ3) is 2.69. The summed E-state index contributed by atoms with van der Waals surface area (Å²) in [6, 6.07) is 8.95. The van der Waals surface area contributed by atoms with Gasteiger partial charge in [-0.2, -0.15) is 0 Å². The maximum atomic E-state index is 13.6. The van der Waals surface area contributed by atoms with Crippen molar-refractivity contribution < 1.29 is 19.0 Å². The molecule has 0 spiro atoms.